The van der Waals surface area contributed by atoms with Crippen molar-refractivity contribution in [2.45, 2.75) is 25.6 Å². The second-order valence-corrected chi connectivity index (χ2v) is 9.20. The van der Waals surface area contributed by atoms with Gasteiger partial charge in [0.2, 0.25) is 5.82 Å². The zero-order valence-electron chi connectivity index (χ0n) is 20.3. The van der Waals surface area contributed by atoms with Crippen molar-refractivity contribution < 1.29 is 4.39 Å². The van der Waals surface area contributed by atoms with Gasteiger partial charge in [-0.1, -0.05) is 36.4 Å². The van der Waals surface area contributed by atoms with Gasteiger partial charge in [0.15, 0.2) is 11.6 Å². The predicted octanol–water partition coefficient (Wildman–Crippen LogP) is 4.43. The van der Waals surface area contributed by atoms with Crippen LogP contribution in [-0.2, 0) is 13.1 Å². The summed E-state index contributed by atoms with van der Waals surface area (Å²) in [5.41, 5.74) is 4.10. The highest BCUT2D eigenvalue weighted by molar-refractivity contribution is 5.78. The Bertz CT molecular complexity index is 1490. The monoisotopic (exact) mass is 494 g/mol. The number of nitrogens with zero attached hydrogens (tertiary/aromatic N) is 6. The van der Waals surface area contributed by atoms with Gasteiger partial charge in [-0.05, 0) is 41.8 Å². The minimum absolute atomic E-state index is 0.301. The molecule has 0 amide bonds. The van der Waals surface area contributed by atoms with Gasteiger partial charge in [-0.3, -0.25) is 14.9 Å². The fraction of sp³-hybridized carbons (Fsp3) is 0.214. The Balaban J connectivity index is 1.24. The van der Waals surface area contributed by atoms with E-state index in [9.17, 15) is 4.39 Å². The molecule has 5 heterocycles. The number of nitrogens with one attached hydrogen (secondary N) is 2. The molecule has 0 saturated carbocycles. The summed E-state index contributed by atoms with van der Waals surface area (Å²) in [5.74, 6) is 0.515. The highest BCUT2D eigenvalue weighted by Gasteiger charge is 2.23. The highest BCUT2D eigenvalue weighted by Crippen LogP contribution is 2.27. The zero-order valence-corrected chi connectivity index (χ0v) is 20.3. The molecule has 1 saturated heterocycles. The lowest BCUT2D eigenvalue weighted by atomic mass is 10.2. The number of halogens is 1. The third-order valence-electron chi connectivity index (χ3n) is 6.62. The molecule has 4 aromatic heterocycles. The number of anilines is 2. The molecule has 2 N–H and O–H groups in total. The number of likely N-dealkylation sites (tertiary alicyclic amines) is 1. The molecule has 0 unspecified atom stereocenters. The van der Waals surface area contributed by atoms with E-state index in [1.165, 1.54) is 11.8 Å². The number of fused-ring (bicyclic) bond motifs is 1. The fourth-order valence-electron chi connectivity index (χ4n) is 4.76. The summed E-state index contributed by atoms with van der Waals surface area (Å²) >= 11 is 0. The highest BCUT2D eigenvalue weighted by atomic mass is 19.1. The van der Waals surface area contributed by atoms with Gasteiger partial charge < -0.3 is 10.6 Å². The van der Waals surface area contributed by atoms with Gasteiger partial charge >= 0.3 is 0 Å². The average molecular weight is 495 g/mol. The number of pyridine rings is 2. The van der Waals surface area contributed by atoms with E-state index in [-0.39, 0.29) is 0 Å². The minimum atomic E-state index is -0.450. The van der Waals surface area contributed by atoms with E-state index in [0.717, 1.165) is 37.1 Å². The van der Waals surface area contributed by atoms with E-state index in [2.05, 4.69) is 55.8 Å². The second-order valence-electron chi connectivity index (χ2n) is 9.20. The molecule has 1 aliphatic rings. The van der Waals surface area contributed by atoms with E-state index in [1.807, 2.05) is 30.5 Å². The molecule has 0 spiro atoms. The number of hydrogen-bond acceptors (Lipinski definition) is 7. The lowest BCUT2D eigenvalue weighted by Gasteiger charge is -2.17. The first-order valence-corrected chi connectivity index (χ1v) is 12.4. The molecule has 1 aliphatic heterocycles. The van der Waals surface area contributed by atoms with Crippen LogP contribution in [0, 0.1) is 5.82 Å². The Hall–Kier alpha value is -4.21. The van der Waals surface area contributed by atoms with Gasteiger partial charge in [-0.25, -0.2) is 13.9 Å². The maximum Gasteiger partial charge on any atom is 0.200 e. The average Bonchev–Trinajstić information content (AvgIpc) is 3.56. The Morgan fingerprint density at radius 2 is 1.89 bits per heavy atom. The Morgan fingerprint density at radius 3 is 2.73 bits per heavy atom. The maximum atomic E-state index is 14.5. The molecule has 5 aromatic rings. The van der Waals surface area contributed by atoms with Crippen LogP contribution in [0.25, 0.3) is 17.0 Å². The third-order valence-corrected chi connectivity index (χ3v) is 6.62. The van der Waals surface area contributed by atoms with Crippen molar-refractivity contribution in [2.75, 3.05) is 18.4 Å². The zero-order chi connectivity index (χ0) is 25.0. The van der Waals surface area contributed by atoms with E-state index < -0.39 is 5.82 Å². The van der Waals surface area contributed by atoms with Crippen LogP contribution in [0.3, 0.4) is 0 Å². The van der Waals surface area contributed by atoms with Gasteiger partial charge in [0.1, 0.15) is 11.2 Å². The quantitative estimate of drug-likeness (QED) is 0.330. The number of benzene rings is 1. The summed E-state index contributed by atoms with van der Waals surface area (Å²) in [6, 6.07) is 20.2. The topological polar surface area (TPSA) is 83.3 Å². The molecule has 0 bridgehead atoms. The van der Waals surface area contributed by atoms with Crippen LogP contribution in [0.4, 0.5) is 15.9 Å². The molecule has 186 valence electrons. The predicted molar refractivity (Wildman–Crippen MR) is 141 cm³/mol. The largest absolute Gasteiger partial charge is 0.336 e. The molecular weight excluding hydrogens is 467 g/mol. The van der Waals surface area contributed by atoms with Crippen LogP contribution < -0.4 is 10.6 Å². The van der Waals surface area contributed by atoms with E-state index in [4.69, 9.17) is 10.1 Å². The van der Waals surface area contributed by atoms with Crippen molar-refractivity contribution in [3.8, 4) is 11.5 Å². The molecule has 6 rings (SSSR count). The first-order valence-electron chi connectivity index (χ1n) is 12.4. The van der Waals surface area contributed by atoms with Crippen molar-refractivity contribution in [1.29, 1.82) is 0 Å². The van der Waals surface area contributed by atoms with Gasteiger partial charge in [0.25, 0.3) is 0 Å². The van der Waals surface area contributed by atoms with E-state index >= 15 is 0 Å². The lowest BCUT2D eigenvalue weighted by Crippen LogP contribution is -2.32. The summed E-state index contributed by atoms with van der Waals surface area (Å²) in [6.45, 7) is 3.67. The van der Waals surface area contributed by atoms with Crippen molar-refractivity contribution in [1.82, 2.24) is 34.8 Å². The number of aromatic nitrogens is 5. The summed E-state index contributed by atoms with van der Waals surface area (Å²) < 4.78 is 16.2. The van der Waals surface area contributed by atoms with Crippen LogP contribution in [0.15, 0.2) is 85.5 Å². The van der Waals surface area contributed by atoms with Gasteiger partial charge in [-0.2, -0.15) is 0 Å². The third kappa shape index (κ3) is 5.18. The van der Waals surface area contributed by atoms with Crippen LogP contribution >= 0.6 is 0 Å². The molecule has 37 heavy (non-hydrogen) atoms. The fourth-order valence-corrected chi connectivity index (χ4v) is 4.76. The maximum absolute atomic E-state index is 14.5. The Labute approximate surface area is 214 Å². The minimum Gasteiger partial charge on any atom is -0.336 e. The Kier molecular flexibility index (Phi) is 6.53. The van der Waals surface area contributed by atoms with Gasteiger partial charge in [-0.15, -0.1) is 5.10 Å². The van der Waals surface area contributed by atoms with Crippen LogP contribution in [0.2, 0.25) is 0 Å². The summed E-state index contributed by atoms with van der Waals surface area (Å²) in [6.07, 6.45) is 7.43. The second kappa shape index (κ2) is 10.4. The van der Waals surface area contributed by atoms with Crippen LogP contribution in [0.5, 0.6) is 0 Å². The van der Waals surface area contributed by atoms with Gasteiger partial charge in [0.05, 0.1) is 11.9 Å². The van der Waals surface area contributed by atoms with Crippen molar-refractivity contribution in [3.05, 3.63) is 102 Å². The molecule has 1 atom stereocenters. The molecule has 1 aromatic carbocycles. The molecule has 0 aliphatic carbocycles. The summed E-state index contributed by atoms with van der Waals surface area (Å²) in [4.78, 5) is 15.5. The van der Waals surface area contributed by atoms with Crippen LogP contribution in [-0.4, -0.2) is 48.6 Å². The van der Waals surface area contributed by atoms with Crippen molar-refractivity contribution in [3.63, 3.8) is 0 Å². The SMILES string of the molecule is Fc1cnccc1Nc1nc(-c2ccccn2)nn2ccc(CN[C@H]3CCN(Cc4ccccc4)C3)c12. The number of rotatable bonds is 8. The molecule has 8 nitrogen and oxygen atoms in total. The lowest BCUT2D eigenvalue weighted by molar-refractivity contribution is 0.320. The van der Waals surface area contributed by atoms with E-state index in [0.29, 0.717) is 35.6 Å². The Morgan fingerprint density at radius 1 is 1.00 bits per heavy atom. The first-order chi connectivity index (χ1) is 18.2. The molecular formula is C28H27FN8. The van der Waals surface area contributed by atoms with Crippen LogP contribution in [0.1, 0.15) is 17.5 Å². The molecule has 1 fully saturated rings. The first kappa shape index (κ1) is 23.2. The molecule has 9 heteroatoms. The summed E-state index contributed by atoms with van der Waals surface area (Å²) in [7, 11) is 0. The standard InChI is InChI=1S/C28H27FN8/c29-23-17-30-13-9-24(23)33-28-26-21(10-15-37(26)35-27(34-28)25-8-4-5-12-31-25)16-32-22-11-14-36(19-22)18-20-6-2-1-3-7-20/h1-10,12-13,15,17,22,32H,11,14,16,18-19H2,(H,30,33,34,35)/t22-/m0/s1. The number of hydrogen-bond donors (Lipinski definition) is 2. The molecule has 0 radical (unpaired) electrons. The smallest absolute Gasteiger partial charge is 0.200 e. The van der Waals surface area contributed by atoms with Crippen molar-refractivity contribution in [2.24, 2.45) is 0 Å². The summed E-state index contributed by atoms with van der Waals surface area (Å²) in [5, 5.41) is 11.6. The van der Waals surface area contributed by atoms with E-state index in [1.54, 1.807) is 23.0 Å². The van der Waals surface area contributed by atoms with Gasteiger partial charge in [0, 0.05) is 50.8 Å². The van der Waals surface area contributed by atoms with Crippen molar-refractivity contribution >= 4 is 17.0 Å². The normalized spacial score (nSPS) is 15.9.